The van der Waals surface area contributed by atoms with Crippen molar-refractivity contribution in [3.8, 4) is 0 Å². The van der Waals surface area contributed by atoms with Gasteiger partial charge in [-0.1, -0.05) is 0 Å². The predicted molar refractivity (Wildman–Crippen MR) is 42.6 cm³/mol. The monoisotopic (exact) mass is 174 g/mol. The molecule has 0 saturated carbocycles. The van der Waals surface area contributed by atoms with Crippen LogP contribution in [-0.2, 0) is 14.3 Å². The molecular formula is C8H14O4. The molecule has 4 heteroatoms. The summed E-state index contributed by atoms with van der Waals surface area (Å²) in [6.07, 6.45) is -0.881. The Morgan fingerprint density at radius 2 is 2.00 bits per heavy atom. The third kappa shape index (κ3) is 4.85. The van der Waals surface area contributed by atoms with Crippen LogP contribution in [0.5, 0.6) is 0 Å². The first-order valence-electron chi connectivity index (χ1n) is 3.94. The SMILES string of the molecule is CCOC(=O)CCC(=O)[C@H](C)O. The lowest BCUT2D eigenvalue weighted by Crippen LogP contribution is -2.17. The molecule has 0 aliphatic rings. The van der Waals surface area contributed by atoms with Crippen molar-refractivity contribution in [1.82, 2.24) is 0 Å². The zero-order valence-electron chi connectivity index (χ0n) is 7.37. The summed E-state index contributed by atoms with van der Waals surface area (Å²) in [6.45, 7) is 3.41. The van der Waals surface area contributed by atoms with E-state index < -0.39 is 12.1 Å². The van der Waals surface area contributed by atoms with E-state index in [0.29, 0.717) is 6.61 Å². The highest BCUT2D eigenvalue weighted by molar-refractivity contribution is 5.85. The number of aliphatic hydroxyl groups is 1. The molecule has 0 heterocycles. The van der Waals surface area contributed by atoms with Gasteiger partial charge in [0.05, 0.1) is 13.0 Å². The van der Waals surface area contributed by atoms with Gasteiger partial charge in [0.1, 0.15) is 6.10 Å². The van der Waals surface area contributed by atoms with Crippen LogP contribution in [0.1, 0.15) is 26.7 Å². The van der Waals surface area contributed by atoms with Crippen LogP contribution in [0.2, 0.25) is 0 Å². The van der Waals surface area contributed by atoms with Crippen molar-refractivity contribution in [2.45, 2.75) is 32.8 Å². The molecule has 70 valence electrons. The number of ether oxygens (including phenoxy) is 1. The van der Waals surface area contributed by atoms with Gasteiger partial charge < -0.3 is 9.84 Å². The lowest BCUT2D eigenvalue weighted by atomic mass is 10.1. The van der Waals surface area contributed by atoms with E-state index in [0.717, 1.165) is 0 Å². The van der Waals surface area contributed by atoms with Crippen molar-refractivity contribution in [2.75, 3.05) is 6.61 Å². The highest BCUT2D eigenvalue weighted by Gasteiger charge is 2.11. The van der Waals surface area contributed by atoms with Crippen molar-refractivity contribution >= 4 is 11.8 Å². The molecule has 0 saturated heterocycles. The molecule has 0 radical (unpaired) electrons. The highest BCUT2D eigenvalue weighted by atomic mass is 16.5. The number of ketones is 1. The van der Waals surface area contributed by atoms with E-state index in [1.54, 1.807) is 6.92 Å². The molecule has 0 rings (SSSR count). The molecule has 0 aromatic heterocycles. The second-order valence-electron chi connectivity index (χ2n) is 2.45. The number of carbonyl (C=O) groups is 2. The van der Waals surface area contributed by atoms with Gasteiger partial charge in [-0.15, -0.1) is 0 Å². The largest absolute Gasteiger partial charge is 0.466 e. The van der Waals surface area contributed by atoms with Gasteiger partial charge in [-0.25, -0.2) is 0 Å². The summed E-state index contributed by atoms with van der Waals surface area (Å²) in [4.78, 5) is 21.5. The Morgan fingerprint density at radius 3 is 2.42 bits per heavy atom. The van der Waals surface area contributed by atoms with E-state index >= 15 is 0 Å². The third-order valence-corrected chi connectivity index (χ3v) is 1.35. The van der Waals surface area contributed by atoms with Crippen molar-refractivity contribution in [3.63, 3.8) is 0 Å². The van der Waals surface area contributed by atoms with E-state index in [2.05, 4.69) is 4.74 Å². The molecule has 0 unspecified atom stereocenters. The Morgan fingerprint density at radius 1 is 1.42 bits per heavy atom. The van der Waals surface area contributed by atoms with Gasteiger partial charge in [0.15, 0.2) is 5.78 Å². The first-order valence-corrected chi connectivity index (χ1v) is 3.94. The first kappa shape index (κ1) is 11.1. The molecule has 0 fully saturated rings. The maximum absolute atomic E-state index is 10.8. The molecule has 4 nitrogen and oxygen atoms in total. The normalized spacial score (nSPS) is 12.2. The van der Waals surface area contributed by atoms with Crippen LogP contribution >= 0.6 is 0 Å². The second-order valence-corrected chi connectivity index (χ2v) is 2.45. The minimum Gasteiger partial charge on any atom is -0.466 e. The zero-order chi connectivity index (χ0) is 9.56. The molecule has 0 bridgehead atoms. The van der Waals surface area contributed by atoms with Crippen molar-refractivity contribution in [3.05, 3.63) is 0 Å². The van der Waals surface area contributed by atoms with Gasteiger partial charge in [-0.05, 0) is 13.8 Å². The minimum atomic E-state index is -0.987. The Kier molecular flexibility index (Phi) is 5.28. The quantitative estimate of drug-likeness (QED) is 0.608. The topological polar surface area (TPSA) is 63.6 Å². The van der Waals surface area contributed by atoms with E-state index in [1.807, 2.05) is 0 Å². The number of esters is 1. The summed E-state index contributed by atoms with van der Waals surface area (Å²) in [7, 11) is 0. The van der Waals surface area contributed by atoms with Gasteiger partial charge in [0, 0.05) is 6.42 Å². The average molecular weight is 174 g/mol. The minimum absolute atomic E-state index is 0.0521. The van der Waals surface area contributed by atoms with Gasteiger partial charge in [-0.3, -0.25) is 9.59 Å². The van der Waals surface area contributed by atoms with Crippen molar-refractivity contribution in [2.24, 2.45) is 0 Å². The van der Waals surface area contributed by atoms with Gasteiger partial charge in [-0.2, -0.15) is 0 Å². The van der Waals surface area contributed by atoms with Gasteiger partial charge >= 0.3 is 5.97 Å². The van der Waals surface area contributed by atoms with Crippen LogP contribution in [0, 0.1) is 0 Å². The molecule has 0 spiro atoms. The standard InChI is InChI=1S/C8H14O4/c1-3-12-8(11)5-4-7(10)6(2)9/h6,9H,3-5H2,1-2H3/t6-/m0/s1. The molecule has 0 aliphatic carbocycles. The molecule has 0 aliphatic heterocycles. The fourth-order valence-electron chi connectivity index (χ4n) is 0.667. The molecular weight excluding hydrogens is 160 g/mol. The second kappa shape index (κ2) is 5.71. The molecule has 0 aromatic carbocycles. The van der Waals surface area contributed by atoms with Crippen LogP contribution < -0.4 is 0 Å². The van der Waals surface area contributed by atoms with Crippen molar-refractivity contribution < 1.29 is 19.4 Å². The summed E-state index contributed by atoms with van der Waals surface area (Å²) < 4.78 is 4.60. The van der Waals surface area contributed by atoms with Crippen LogP contribution in [0.15, 0.2) is 0 Å². The van der Waals surface area contributed by atoms with Gasteiger partial charge in [0.2, 0.25) is 0 Å². The van der Waals surface area contributed by atoms with Crippen LogP contribution in [0.25, 0.3) is 0 Å². The van der Waals surface area contributed by atoms with Crippen molar-refractivity contribution in [1.29, 1.82) is 0 Å². The van der Waals surface area contributed by atoms with Crippen LogP contribution in [0.3, 0.4) is 0 Å². The fourth-order valence-corrected chi connectivity index (χ4v) is 0.667. The smallest absolute Gasteiger partial charge is 0.306 e. The summed E-state index contributed by atoms with van der Waals surface area (Å²) in [5.41, 5.74) is 0. The van der Waals surface area contributed by atoms with E-state index in [4.69, 9.17) is 5.11 Å². The predicted octanol–water partition coefficient (Wildman–Crippen LogP) is 0.280. The maximum atomic E-state index is 10.8. The lowest BCUT2D eigenvalue weighted by molar-refractivity contribution is -0.144. The van der Waals surface area contributed by atoms with E-state index in [1.165, 1.54) is 6.92 Å². The zero-order valence-corrected chi connectivity index (χ0v) is 7.37. The number of Topliss-reactive ketones (excluding diaryl/α,β-unsaturated/α-hetero) is 1. The molecule has 0 aromatic rings. The number of aliphatic hydroxyl groups excluding tert-OH is 1. The molecule has 12 heavy (non-hydrogen) atoms. The third-order valence-electron chi connectivity index (χ3n) is 1.35. The molecule has 0 amide bonds. The Labute approximate surface area is 71.5 Å². The Hall–Kier alpha value is -0.900. The summed E-state index contributed by atoms with van der Waals surface area (Å²) in [6, 6.07) is 0. The summed E-state index contributed by atoms with van der Waals surface area (Å²) >= 11 is 0. The van der Waals surface area contributed by atoms with E-state index in [9.17, 15) is 9.59 Å². The fraction of sp³-hybridized carbons (Fsp3) is 0.750. The molecule has 1 atom stereocenters. The highest BCUT2D eigenvalue weighted by Crippen LogP contribution is 1.97. The van der Waals surface area contributed by atoms with Crippen LogP contribution in [-0.4, -0.2) is 29.6 Å². The lowest BCUT2D eigenvalue weighted by Gasteiger charge is -2.02. The average Bonchev–Trinajstić information content (AvgIpc) is 2.00. The summed E-state index contributed by atoms with van der Waals surface area (Å²) in [5.74, 6) is -0.727. The number of carbonyl (C=O) groups excluding carboxylic acids is 2. The molecule has 1 N–H and O–H groups in total. The van der Waals surface area contributed by atoms with Gasteiger partial charge in [0.25, 0.3) is 0 Å². The van der Waals surface area contributed by atoms with E-state index in [-0.39, 0.29) is 18.6 Å². The maximum Gasteiger partial charge on any atom is 0.306 e. The summed E-state index contributed by atoms with van der Waals surface area (Å²) in [5, 5.41) is 8.76. The number of hydrogen-bond acceptors (Lipinski definition) is 4. The Balaban J connectivity index is 3.54. The number of rotatable bonds is 5. The first-order chi connectivity index (χ1) is 5.57. The van der Waals surface area contributed by atoms with Crippen LogP contribution in [0.4, 0.5) is 0 Å². The Bertz CT molecular complexity index is 162. The number of hydrogen-bond donors (Lipinski definition) is 1.